The van der Waals surface area contributed by atoms with Crippen LogP contribution in [0.2, 0.25) is 0 Å². The zero-order valence-electron chi connectivity index (χ0n) is 8.89. The second kappa shape index (κ2) is 3.49. The third-order valence-corrected chi connectivity index (χ3v) is 3.09. The van der Waals surface area contributed by atoms with Crippen molar-refractivity contribution >= 4 is 17.4 Å². The predicted molar refractivity (Wildman–Crippen MR) is 66.8 cm³/mol. The first-order valence-electron chi connectivity index (χ1n) is 5.27. The number of hydrogen-bond acceptors (Lipinski definition) is 2. The molecule has 0 bridgehead atoms. The SMILES string of the molecule is CC1C=C(Cl)C=C2N=C3C=CC=CN3C=C21. The van der Waals surface area contributed by atoms with Gasteiger partial charge >= 0.3 is 0 Å². The van der Waals surface area contributed by atoms with Crippen LogP contribution >= 0.6 is 11.6 Å². The average molecular weight is 231 g/mol. The smallest absolute Gasteiger partial charge is 0.137 e. The molecule has 0 saturated heterocycles. The molecule has 1 unspecified atom stereocenters. The van der Waals surface area contributed by atoms with Gasteiger partial charge < -0.3 is 4.90 Å². The van der Waals surface area contributed by atoms with Crippen LogP contribution in [0.4, 0.5) is 0 Å². The molecular formula is C13H11ClN2. The first-order chi connectivity index (χ1) is 7.74. The molecule has 2 aliphatic heterocycles. The molecule has 16 heavy (non-hydrogen) atoms. The maximum Gasteiger partial charge on any atom is 0.137 e. The van der Waals surface area contributed by atoms with Gasteiger partial charge in [0, 0.05) is 28.9 Å². The molecule has 3 rings (SSSR count). The van der Waals surface area contributed by atoms with Crippen molar-refractivity contribution in [2.45, 2.75) is 6.92 Å². The van der Waals surface area contributed by atoms with Gasteiger partial charge in [0.05, 0.1) is 5.70 Å². The van der Waals surface area contributed by atoms with Crippen molar-refractivity contribution in [3.63, 3.8) is 0 Å². The van der Waals surface area contributed by atoms with E-state index in [2.05, 4.69) is 18.1 Å². The van der Waals surface area contributed by atoms with E-state index in [1.807, 2.05) is 41.5 Å². The summed E-state index contributed by atoms with van der Waals surface area (Å²) in [5.74, 6) is 1.26. The molecule has 0 amide bonds. The van der Waals surface area contributed by atoms with Gasteiger partial charge in [-0.05, 0) is 18.2 Å². The molecule has 0 spiro atoms. The Bertz CT molecular complexity index is 518. The second-order valence-electron chi connectivity index (χ2n) is 4.03. The van der Waals surface area contributed by atoms with Crippen LogP contribution in [-0.2, 0) is 0 Å². The Labute approximate surface area is 99.6 Å². The van der Waals surface area contributed by atoms with Crippen molar-refractivity contribution in [1.82, 2.24) is 4.90 Å². The number of fused-ring (bicyclic) bond motifs is 2. The number of amidine groups is 1. The van der Waals surface area contributed by atoms with Crippen LogP contribution in [0.5, 0.6) is 0 Å². The van der Waals surface area contributed by atoms with Gasteiger partial charge in [0.15, 0.2) is 0 Å². The lowest BCUT2D eigenvalue weighted by Gasteiger charge is -2.28. The van der Waals surface area contributed by atoms with E-state index in [0.29, 0.717) is 5.92 Å². The van der Waals surface area contributed by atoms with Gasteiger partial charge in [0.25, 0.3) is 0 Å². The maximum absolute atomic E-state index is 6.05. The van der Waals surface area contributed by atoms with Gasteiger partial charge in [-0.1, -0.05) is 30.7 Å². The Kier molecular flexibility index (Phi) is 2.11. The number of hydrogen-bond donors (Lipinski definition) is 0. The summed E-state index contributed by atoms with van der Waals surface area (Å²) in [4.78, 5) is 6.64. The van der Waals surface area contributed by atoms with Crippen LogP contribution in [0.1, 0.15) is 6.92 Å². The van der Waals surface area contributed by atoms with Crippen molar-refractivity contribution in [2.75, 3.05) is 0 Å². The molecule has 3 aliphatic rings. The molecule has 80 valence electrons. The van der Waals surface area contributed by atoms with Crippen molar-refractivity contribution in [3.8, 4) is 0 Å². The summed E-state index contributed by atoms with van der Waals surface area (Å²) in [6.07, 6.45) is 14.1. The van der Waals surface area contributed by atoms with Gasteiger partial charge in [-0.3, -0.25) is 0 Å². The summed E-state index contributed by atoms with van der Waals surface area (Å²) < 4.78 is 0. The topological polar surface area (TPSA) is 15.6 Å². The number of aliphatic imine (C=N–C) groups is 1. The van der Waals surface area contributed by atoms with Gasteiger partial charge in [-0.2, -0.15) is 0 Å². The van der Waals surface area contributed by atoms with Gasteiger partial charge in [-0.15, -0.1) is 0 Å². The third kappa shape index (κ3) is 1.46. The summed E-state index contributed by atoms with van der Waals surface area (Å²) in [6.45, 7) is 2.13. The summed E-state index contributed by atoms with van der Waals surface area (Å²) in [6, 6.07) is 0. The normalized spacial score (nSPS) is 26.4. The highest BCUT2D eigenvalue weighted by molar-refractivity contribution is 6.31. The highest BCUT2D eigenvalue weighted by Gasteiger charge is 2.23. The lowest BCUT2D eigenvalue weighted by atomic mass is 9.93. The minimum atomic E-state index is 0.317. The summed E-state index contributed by atoms with van der Waals surface area (Å²) in [5, 5.41) is 0.771. The third-order valence-electron chi connectivity index (χ3n) is 2.85. The zero-order valence-corrected chi connectivity index (χ0v) is 9.65. The molecule has 0 aromatic heterocycles. The number of allylic oxidation sites excluding steroid dienone is 6. The lowest BCUT2D eigenvalue weighted by molar-refractivity contribution is 0.699. The number of nitrogens with zero attached hydrogens (tertiary/aromatic N) is 2. The van der Waals surface area contributed by atoms with E-state index in [4.69, 9.17) is 11.6 Å². The molecule has 0 saturated carbocycles. The number of rotatable bonds is 0. The molecular weight excluding hydrogens is 220 g/mol. The first kappa shape index (κ1) is 9.67. The molecule has 2 heterocycles. The highest BCUT2D eigenvalue weighted by atomic mass is 35.5. The fraction of sp³-hybridized carbons (Fsp3) is 0.154. The molecule has 0 aromatic carbocycles. The van der Waals surface area contributed by atoms with Crippen LogP contribution < -0.4 is 0 Å². The average Bonchev–Trinajstić information content (AvgIpc) is 2.27. The Morgan fingerprint density at radius 1 is 1.38 bits per heavy atom. The van der Waals surface area contributed by atoms with E-state index in [1.54, 1.807) is 0 Å². The quantitative estimate of drug-likeness (QED) is 0.623. The van der Waals surface area contributed by atoms with Crippen LogP contribution in [0.3, 0.4) is 0 Å². The Morgan fingerprint density at radius 2 is 2.25 bits per heavy atom. The van der Waals surface area contributed by atoms with Gasteiger partial charge in [0.2, 0.25) is 0 Å². The standard InChI is InChI=1S/C13H11ClN2/c1-9-6-10(14)7-12-11(9)8-16-5-3-2-4-13(16)15-12/h2-9H,1H3. The van der Waals surface area contributed by atoms with Crippen LogP contribution in [0.15, 0.2) is 64.1 Å². The van der Waals surface area contributed by atoms with E-state index in [1.165, 1.54) is 5.57 Å². The van der Waals surface area contributed by atoms with Crippen molar-refractivity contribution in [1.29, 1.82) is 0 Å². The molecule has 0 aromatic rings. The second-order valence-corrected chi connectivity index (χ2v) is 4.47. The van der Waals surface area contributed by atoms with Crippen LogP contribution in [0, 0.1) is 5.92 Å². The highest BCUT2D eigenvalue weighted by Crippen LogP contribution is 2.34. The minimum absolute atomic E-state index is 0.317. The zero-order chi connectivity index (χ0) is 11.1. The maximum atomic E-state index is 6.05. The molecule has 0 fully saturated rings. The fourth-order valence-electron chi connectivity index (χ4n) is 2.03. The Morgan fingerprint density at radius 3 is 3.12 bits per heavy atom. The molecule has 0 radical (unpaired) electrons. The van der Waals surface area contributed by atoms with E-state index < -0.39 is 0 Å². The lowest BCUT2D eigenvalue weighted by Crippen LogP contribution is -2.26. The van der Waals surface area contributed by atoms with Crippen molar-refractivity contribution in [2.24, 2.45) is 10.9 Å². The van der Waals surface area contributed by atoms with E-state index in [9.17, 15) is 0 Å². The van der Waals surface area contributed by atoms with E-state index in [-0.39, 0.29) is 0 Å². The van der Waals surface area contributed by atoms with E-state index in [0.717, 1.165) is 16.6 Å². The van der Waals surface area contributed by atoms with E-state index >= 15 is 0 Å². The molecule has 3 heteroatoms. The predicted octanol–water partition coefficient (Wildman–Crippen LogP) is 3.32. The largest absolute Gasteiger partial charge is 0.308 e. The monoisotopic (exact) mass is 230 g/mol. The summed E-state index contributed by atoms with van der Waals surface area (Å²) >= 11 is 6.05. The Balaban J connectivity index is 2.09. The molecule has 1 atom stereocenters. The van der Waals surface area contributed by atoms with Crippen LogP contribution in [-0.4, -0.2) is 10.7 Å². The van der Waals surface area contributed by atoms with Crippen LogP contribution in [0.25, 0.3) is 0 Å². The molecule has 0 N–H and O–H groups in total. The fourth-order valence-corrected chi connectivity index (χ4v) is 2.32. The van der Waals surface area contributed by atoms with Gasteiger partial charge in [0.1, 0.15) is 5.84 Å². The molecule has 1 aliphatic carbocycles. The molecule has 2 nitrogen and oxygen atoms in total. The van der Waals surface area contributed by atoms with Gasteiger partial charge in [-0.25, -0.2) is 4.99 Å². The Hall–Kier alpha value is -1.54. The summed E-state index contributed by atoms with van der Waals surface area (Å²) in [5.41, 5.74) is 2.19. The summed E-state index contributed by atoms with van der Waals surface area (Å²) in [7, 11) is 0. The first-order valence-corrected chi connectivity index (χ1v) is 5.65. The van der Waals surface area contributed by atoms with Crippen molar-refractivity contribution < 1.29 is 0 Å². The van der Waals surface area contributed by atoms with Crippen molar-refractivity contribution in [3.05, 3.63) is 59.1 Å². The minimum Gasteiger partial charge on any atom is -0.308 e. The number of halogens is 1.